The maximum absolute atomic E-state index is 11.6. The van der Waals surface area contributed by atoms with Crippen molar-refractivity contribution in [2.24, 2.45) is 17.8 Å². The summed E-state index contributed by atoms with van der Waals surface area (Å²) in [5, 5.41) is 0. The largest absolute Gasteiger partial charge is 0.423 e. The molecular formula is C23H32O2. The highest BCUT2D eigenvalue weighted by Gasteiger charge is 2.30. The Morgan fingerprint density at radius 1 is 0.920 bits per heavy atom. The summed E-state index contributed by atoms with van der Waals surface area (Å²) >= 11 is 0. The predicted octanol–water partition coefficient (Wildman–Crippen LogP) is 6.27. The van der Waals surface area contributed by atoms with E-state index in [0.29, 0.717) is 17.2 Å². The number of benzene rings is 1. The monoisotopic (exact) mass is 340 g/mol. The summed E-state index contributed by atoms with van der Waals surface area (Å²) in [5.41, 5.74) is 1.82. The number of carbonyl (C=O) groups excluding carboxylic acids is 1. The summed E-state index contributed by atoms with van der Waals surface area (Å²) < 4.78 is 5.28. The lowest BCUT2D eigenvalue weighted by molar-refractivity contribution is -0.130. The molecule has 0 N–H and O–H groups in total. The van der Waals surface area contributed by atoms with Crippen molar-refractivity contribution in [3.8, 4) is 5.75 Å². The van der Waals surface area contributed by atoms with Crippen LogP contribution in [0.4, 0.5) is 0 Å². The van der Waals surface area contributed by atoms with Gasteiger partial charge in [-0.15, -0.1) is 0 Å². The number of carbonyl (C=O) groups is 1. The van der Waals surface area contributed by atoms with Crippen molar-refractivity contribution >= 4 is 5.97 Å². The van der Waals surface area contributed by atoms with Crippen molar-refractivity contribution in [1.29, 1.82) is 0 Å². The molecule has 1 aromatic carbocycles. The lowest BCUT2D eigenvalue weighted by atomic mass is 9.68. The van der Waals surface area contributed by atoms with Crippen LogP contribution in [-0.2, 0) is 4.79 Å². The fourth-order valence-corrected chi connectivity index (χ4v) is 4.68. The van der Waals surface area contributed by atoms with Gasteiger partial charge in [0.2, 0.25) is 0 Å². The Balaban J connectivity index is 1.51. The Bertz CT molecular complexity index is 585. The summed E-state index contributed by atoms with van der Waals surface area (Å²) in [4.78, 5) is 11.6. The van der Waals surface area contributed by atoms with Crippen LogP contribution in [0.2, 0.25) is 0 Å². The van der Waals surface area contributed by atoms with E-state index in [-0.39, 0.29) is 5.97 Å². The molecule has 2 saturated carbocycles. The molecule has 136 valence electrons. The number of hydrogen-bond acceptors (Lipinski definition) is 2. The molecule has 0 aliphatic heterocycles. The summed E-state index contributed by atoms with van der Waals surface area (Å²) in [5.74, 6) is 3.83. The number of ether oxygens (including phenoxy) is 1. The minimum atomic E-state index is -0.352. The molecule has 2 fully saturated rings. The Hall–Kier alpha value is -1.57. The van der Waals surface area contributed by atoms with Crippen LogP contribution in [0.15, 0.2) is 36.4 Å². The van der Waals surface area contributed by atoms with E-state index in [9.17, 15) is 4.79 Å². The molecule has 25 heavy (non-hydrogen) atoms. The first-order valence-electron chi connectivity index (χ1n) is 10.0. The Labute approximate surface area is 152 Å². The van der Waals surface area contributed by atoms with Crippen LogP contribution in [0, 0.1) is 17.8 Å². The van der Waals surface area contributed by atoms with E-state index in [0.717, 1.165) is 17.8 Å². The molecule has 0 aromatic heterocycles. The van der Waals surface area contributed by atoms with Crippen molar-refractivity contribution in [2.75, 3.05) is 0 Å². The van der Waals surface area contributed by atoms with E-state index in [1.54, 1.807) is 6.92 Å². The van der Waals surface area contributed by atoms with E-state index in [1.807, 2.05) is 12.1 Å². The third-order valence-electron chi connectivity index (χ3n) is 6.41. The molecule has 0 saturated heterocycles. The zero-order chi connectivity index (χ0) is 17.8. The van der Waals surface area contributed by atoms with Crippen LogP contribution < -0.4 is 4.74 Å². The van der Waals surface area contributed by atoms with Crippen LogP contribution in [0.1, 0.15) is 76.7 Å². The van der Waals surface area contributed by atoms with Gasteiger partial charge < -0.3 is 4.74 Å². The maximum Gasteiger partial charge on any atom is 0.338 e. The zero-order valence-corrected chi connectivity index (χ0v) is 15.8. The molecule has 0 radical (unpaired) electrons. The van der Waals surface area contributed by atoms with E-state index in [2.05, 4.69) is 25.6 Å². The molecule has 0 spiro atoms. The summed E-state index contributed by atoms with van der Waals surface area (Å²) in [6.45, 7) is 7.69. The first kappa shape index (κ1) is 18.2. The standard InChI is InChI=1S/C23H32O2/c1-16(2)23(24)25-22-14-12-21(13-15-22)20-10-8-19(9-11-20)18-6-4-17(3)5-7-18/h12-15,17-20H,1,4-11H2,2-3H3. The molecule has 0 bridgehead atoms. The molecule has 1 aromatic rings. The van der Waals surface area contributed by atoms with E-state index in [1.165, 1.54) is 56.9 Å². The highest BCUT2D eigenvalue weighted by molar-refractivity contribution is 5.88. The summed E-state index contributed by atoms with van der Waals surface area (Å²) in [6, 6.07) is 8.11. The molecule has 0 atom stereocenters. The highest BCUT2D eigenvalue weighted by Crippen LogP contribution is 2.43. The number of hydrogen-bond donors (Lipinski definition) is 0. The average Bonchev–Trinajstić information content (AvgIpc) is 2.63. The molecule has 2 aliphatic carbocycles. The molecule has 2 aliphatic rings. The first-order valence-corrected chi connectivity index (χ1v) is 10.0. The van der Waals surface area contributed by atoms with Crippen LogP contribution >= 0.6 is 0 Å². The topological polar surface area (TPSA) is 26.3 Å². The van der Waals surface area contributed by atoms with Gasteiger partial charge in [-0.25, -0.2) is 4.79 Å². The zero-order valence-electron chi connectivity index (χ0n) is 15.8. The van der Waals surface area contributed by atoms with Gasteiger partial charge in [-0.3, -0.25) is 0 Å². The first-order chi connectivity index (χ1) is 12.0. The lowest BCUT2D eigenvalue weighted by Gasteiger charge is -2.37. The van der Waals surface area contributed by atoms with Crippen molar-refractivity contribution in [3.05, 3.63) is 42.0 Å². The second kappa shape index (κ2) is 8.21. The second-order valence-corrected chi connectivity index (χ2v) is 8.37. The third-order valence-corrected chi connectivity index (χ3v) is 6.41. The summed E-state index contributed by atoms with van der Waals surface area (Å²) in [6.07, 6.45) is 11.2. The van der Waals surface area contributed by atoms with Crippen LogP contribution in [0.5, 0.6) is 5.75 Å². The maximum atomic E-state index is 11.6. The van der Waals surface area contributed by atoms with Crippen LogP contribution in [0.3, 0.4) is 0 Å². The molecule has 2 heteroatoms. The number of rotatable bonds is 4. The van der Waals surface area contributed by atoms with Gasteiger partial charge in [0.25, 0.3) is 0 Å². The fourth-order valence-electron chi connectivity index (χ4n) is 4.68. The van der Waals surface area contributed by atoms with Crippen molar-refractivity contribution in [2.45, 2.75) is 71.1 Å². The van der Waals surface area contributed by atoms with Gasteiger partial charge in [-0.2, -0.15) is 0 Å². The van der Waals surface area contributed by atoms with Gasteiger partial charge in [0.1, 0.15) is 5.75 Å². The Morgan fingerprint density at radius 2 is 1.44 bits per heavy atom. The van der Waals surface area contributed by atoms with Crippen molar-refractivity contribution < 1.29 is 9.53 Å². The SMILES string of the molecule is C=C(C)C(=O)Oc1ccc(C2CCC(C3CCC(C)CC3)CC2)cc1. The highest BCUT2D eigenvalue weighted by atomic mass is 16.5. The van der Waals surface area contributed by atoms with Crippen LogP contribution in [0.25, 0.3) is 0 Å². The van der Waals surface area contributed by atoms with E-state index >= 15 is 0 Å². The fraction of sp³-hybridized carbons (Fsp3) is 0.609. The van der Waals surface area contributed by atoms with Gasteiger partial charge in [0, 0.05) is 5.57 Å². The predicted molar refractivity (Wildman–Crippen MR) is 103 cm³/mol. The molecule has 0 amide bonds. The normalized spacial score (nSPS) is 29.8. The lowest BCUT2D eigenvalue weighted by Crippen LogP contribution is -2.24. The molecule has 0 heterocycles. The average molecular weight is 341 g/mol. The quantitative estimate of drug-likeness (QED) is 0.367. The summed E-state index contributed by atoms with van der Waals surface area (Å²) in [7, 11) is 0. The minimum Gasteiger partial charge on any atom is -0.423 e. The van der Waals surface area contributed by atoms with E-state index < -0.39 is 0 Å². The van der Waals surface area contributed by atoms with Crippen LogP contribution in [-0.4, -0.2) is 5.97 Å². The van der Waals surface area contributed by atoms with Crippen molar-refractivity contribution in [1.82, 2.24) is 0 Å². The van der Waals surface area contributed by atoms with Gasteiger partial charge in [-0.1, -0.05) is 38.5 Å². The Morgan fingerprint density at radius 3 is 1.96 bits per heavy atom. The minimum absolute atomic E-state index is 0.352. The van der Waals surface area contributed by atoms with E-state index in [4.69, 9.17) is 4.74 Å². The molecule has 0 unspecified atom stereocenters. The van der Waals surface area contributed by atoms with Gasteiger partial charge in [0.15, 0.2) is 0 Å². The third kappa shape index (κ3) is 4.74. The molecular weight excluding hydrogens is 308 g/mol. The van der Waals surface area contributed by atoms with Crippen molar-refractivity contribution in [3.63, 3.8) is 0 Å². The Kier molecular flexibility index (Phi) is 5.98. The van der Waals surface area contributed by atoms with Gasteiger partial charge >= 0.3 is 5.97 Å². The number of esters is 1. The molecule has 3 rings (SSSR count). The molecule has 2 nitrogen and oxygen atoms in total. The van der Waals surface area contributed by atoms with Gasteiger partial charge in [0.05, 0.1) is 0 Å². The second-order valence-electron chi connectivity index (χ2n) is 8.37. The smallest absolute Gasteiger partial charge is 0.338 e. The van der Waals surface area contributed by atoms with Gasteiger partial charge in [-0.05, 0) is 86.8 Å².